The maximum atomic E-state index is 12.6. The van der Waals surface area contributed by atoms with Gasteiger partial charge in [-0.25, -0.2) is 4.79 Å². The Morgan fingerprint density at radius 3 is 2.62 bits per heavy atom. The molecule has 0 radical (unpaired) electrons. The van der Waals surface area contributed by atoms with E-state index in [9.17, 15) is 14.4 Å². The van der Waals surface area contributed by atoms with Gasteiger partial charge in [0.25, 0.3) is 0 Å². The average molecular weight is 390 g/mol. The molecule has 1 N–H and O–H groups in total. The number of rotatable bonds is 6. The van der Waals surface area contributed by atoms with E-state index in [1.54, 1.807) is 35.4 Å². The number of esters is 1. The number of benzene rings is 2. The average Bonchev–Trinajstić information content (AvgIpc) is 3.38. The summed E-state index contributed by atoms with van der Waals surface area (Å²) in [5.74, 6) is -0.722. The predicted octanol–water partition coefficient (Wildman–Crippen LogP) is 3.90. The minimum Gasteiger partial charge on any atom is -0.454 e. The first-order chi connectivity index (χ1) is 14.1. The molecule has 0 aliphatic carbocycles. The quantitative estimate of drug-likeness (QED) is 0.511. The molecule has 2 aromatic carbocycles. The number of fused-ring (bicyclic) bond motifs is 1. The zero-order valence-corrected chi connectivity index (χ0v) is 16.2. The Morgan fingerprint density at radius 2 is 1.93 bits per heavy atom. The van der Waals surface area contributed by atoms with Gasteiger partial charge in [-0.15, -0.1) is 0 Å². The molecule has 0 saturated carbocycles. The van der Waals surface area contributed by atoms with Crippen LogP contribution in [-0.2, 0) is 16.0 Å². The molecule has 0 bridgehead atoms. The van der Waals surface area contributed by atoms with Crippen molar-refractivity contribution < 1.29 is 19.1 Å². The maximum Gasteiger partial charge on any atom is 0.338 e. The summed E-state index contributed by atoms with van der Waals surface area (Å²) in [7, 11) is 0. The minimum absolute atomic E-state index is 0.0934. The molecule has 2 heterocycles. The van der Waals surface area contributed by atoms with Crippen molar-refractivity contribution in [1.82, 2.24) is 4.98 Å². The summed E-state index contributed by atoms with van der Waals surface area (Å²) >= 11 is 0. The van der Waals surface area contributed by atoms with Crippen LogP contribution < -0.4 is 4.90 Å². The monoisotopic (exact) mass is 390 g/mol. The van der Waals surface area contributed by atoms with E-state index in [1.165, 1.54) is 0 Å². The smallest absolute Gasteiger partial charge is 0.338 e. The van der Waals surface area contributed by atoms with Gasteiger partial charge >= 0.3 is 5.97 Å². The van der Waals surface area contributed by atoms with E-state index in [0.29, 0.717) is 24.1 Å². The first-order valence-electron chi connectivity index (χ1n) is 9.78. The zero-order valence-electron chi connectivity index (χ0n) is 16.2. The number of hydrogen-bond acceptors (Lipinski definition) is 4. The predicted molar refractivity (Wildman–Crippen MR) is 110 cm³/mol. The van der Waals surface area contributed by atoms with Crippen molar-refractivity contribution in [2.45, 2.75) is 26.2 Å². The van der Waals surface area contributed by atoms with Gasteiger partial charge in [0.05, 0.1) is 5.56 Å². The number of hydrogen-bond donors (Lipinski definition) is 1. The lowest BCUT2D eigenvalue weighted by Gasteiger charge is -2.15. The Hall–Kier alpha value is -3.41. The number of aromatic nitrogens is 1. The van der Waals surface area contributed by atoms with Crippen molar-refractivity contribution >= 4 is 34.3 Å². The van der Waals surface area contributed by atoms with E-state index < -0.39 is 5.97 Å². The fraction of sp³-hybridized carbons (Fsp3) is 0.261. The van der Waals surface area contributed by atoms with Crippen LogP contribution in [0.1, 0.15) is 46.0 Å². The van der Waals surface area contributed by atoms with Crippen LogP contribution in [0.3, 0.4) is 0 Å². The summed E-state index contributed by atoms with van der Waals surface area (Å²) < 4.78 is 5.22. The van der Waals surface area contributed by atoms with Crippen molar-refractivity contribution in [1.29, 1.82) is 0 Å². The lowest BCUT2D eigenvalue weighted by molar-refractivity contribution is -0.117. The second kappa shape index (κ2) is 7.91. The number of carbonyl (C=O) groups is 3. The molecule has 1 saturated heterocycles. The molecule has 148 valence electrons. The van der Waals surface area contributed by atoms with Crippen LogP contribution in [0.25, 0.3) is 10.9 Å². The van der Waals surface area contributed by atoms with Crippen LogP contribution in [-0.4, -0.2) is 35.8 Å². The van der Waals surface area contributed by atoms with Crippen molar-refractivity contribution in [3.63, 3.8) is 0 Å². The third-order valence-electron chi connectivity index (χ3n) is 5.31. The van der Waals surface area contributed by atoms with Gasteiger partial charge in [-0.3, -0.25) is 9.59 Å². The maximum absolute atomic E-state index is 12.6. The summed E-state index contributed by atoms with van der Waals surface area (Å²) in [6.07, 6.45) is 3.93. The van der Waals surface area contributed by atoms with E-state index in [4.69, 9.17) is 4.74 Å². The Morgan fingerprint density at radius 1 is 1.14 bits per heavy atom. The Bertz CT molecular complexity index is 1080. The van der Waals surface area contributed by atoms with Crippen molar-refractivity contribution in [3.05, 3.63) is 65.4 Å². The number of para-hydroxylation sites is 1. The molecule has 1 aromatic heterocycles. The van der Waals surface area contributed by atoms with E-state index in [-0.39, 0.29) is 18.3 Å². The molecule has 1 aliphatic heterocycles. The molecule has 4 rings (SSSR count). The van der Waals surface area contributed by atoms with Gasteiger partial charge in [0.2, 0.25) is 11.7 Å². The Balaban J connectivity index is 1.42. The highest BCUT2D eigenvalue weighted by Crippen LogP contribution is 2.24. The molecule has 29 heavy (non-hydrogen) atoms. The minimum atomic E-state index is -0.563. The van der Waals surface area contributed by atoms with Gasteiger partial charge in [-0.1, -0.05) is 25.1 Å². The molecule has 0 spiro atoms. The van der Waals surface area contributed by atoms with Gasteiger partial charge in [0.15, 0.2) is 6.61 Å². The van der Waals surface area contributed by atoms with Crippen molar-refractivity contribution in [2.24, 2.45) is 0 Å². The number of anilines is 1. The molecule has 3 aromatic rings. The topological polar surface area (TPSA) is 79.5 Å². The molecule has 6 heteroatoms. The first-order valence-corrected chi connectivity index (χ1v) is 9.78. The van der Waals surface area contributed by atoms with E-state index in [1.807, 2.05) is 18.2 Å². The fourth-order valence-electron chi connectivity index (χ4n) is 3.73. The van der Waals surface area contributed by atoms with Gasteiger partial charge in [-0.2, -0.15) is 0 Å². The summed E-state index contributed by atoms with van der Waals surface area (Å²) in [5.41, 5.74) is 3.71. The number of nitrogens with zero attached hydrogens (tertiary/aromatic N) is 1. The number of carbonyl (C=O) groups excluding carboxylic acids is 3. The number of amides is 1. The van der Waals surface area contributed by atoms with Crippen LogP contribution in [0.2, 0.25) is 0 Å². The SMILES string of the molecule is CCc1cccc2c(C(=O)COC(=O)c3ccc(N4CCCC4=O)cc3)c[nH]c12. The summed E-state index contributed by atoms with van der Waals surface area (Å²) in [6.45, 7) is 2.43. The molecule has 1 fully saturated rings. The van der Waals surface area contributed by atoms with Gasteiger partial charge in [-0.05, 0) is 42.7 Å². The normalized spacial score (nSPS) is 13.8. The summed E-state index contributed by atoms with van der Waals surface area (Å²) in [6, 6.07) is 12.5. The van der Waals surface area contributed by atoms with E-state index in [2.05, 4.69) is 11.9 Å². The molecule has 1 aliphatic rings. The highest BCUT2D eigenvalue weighted by atomic mass is 16.5. The number of aryl methyl sites for hydroxylation is 1. The summed E-state index contributed by atoms with van der Waals surface area (Å²) in [4.78, 5) is 41.6. The van der Waals surface area contributed by atoms with Crippen molar-refractivity contribution in [3.8, 4) is 0 Å². The standard InChI is InChI=1S/C23H22N2O4/c1-2-15-5-3-6-18-19(13-24-22(15)18)20(26)14-29-23(28)16-8-10-17(11-9-16)25-12-4-7-21(25)27/h3,5-6,8-11,13,24H,2,4,7,12,14H2,1H3. The third-order valence-corrected chi connectivity index (χ3v) is 5.31. The number of ketones is 1. The number of H-pyrrole nitrogens is 1. The number of Topliss-reactive ketones (excluding diaryl/α,β-unsaturated/α-hetero) is 1. The van der Waals surface area contributed by atoms with Crippen LogP contribution >= 0.6 is 0 Å². The number of ether oxygens (including phenoxy) is 1. The van der Waals surface area contributed by atoms with Crippen LogP contribution in [0.15, 0.2) is 48.7 Å². The molecule has 0 unspecified atom stereocenters. The van der Waals surface area contributed by atoms with E-state index >= 15 is 0 Å². The van der Waals surface area contributed by atoms with Gasteiger partial charge < -0.3 is 14.6 Å². The lowest BCUT2D eigenvalue weighted by atomic mass is 10.1. The molecular weight excluding hydrogens is 368 g/mol. The number of aromatic amines is 1. The second-order valence-electron chi connectivity index (χ2n) is 7.09. The van der Waals surface area contributed by atoms with Crippen molar-refractivity contribution in [2.75, 3.05) is 18.1 Å². The molecular formula is C23H22N2O4. The van der Waals surface area contributed by atoms with Crippen LogP contribution in [0.5, 0.6) is 0 Å². The molecule has 6 nitrogen and oxygen atoms in total. The Kier molecular flexibility index (Phi) is 5.16. The molecule has 1 amide bonds. The van der Waals surface area contributed by atoms with Gasteiger partial charge in [0, 0.05) is 41.3 Å². The first kappa shape index (κ1) is 18.9. The van der Waals surface area contributed by atoms with Gasteiger partial charge in [0.1, 0.15) is 0 Å². The highest BCUT2D eigenvalue weighted by molar-refractivity contribution is 6.09. The van der Waals surface area contributed by atoms with Crippen LogP contribution in [0, 0.1) is 0 Å². The third kappa shape index (κ3) is 3.66. The van der Waals surface area contributed by atoms with E-state index in [0.717, 1.165) is 35.0 Å². The summed E-state index contributed by atoms with van der Waals surface area (Å²) in [5, 5.41) is 0.838. The second-order valence-corrected chi connectivity index (χ2v) is 7.09. The largest absolute Gasteiger partial charge is 0.454 e. The molecule has 0 atom stereocenters. The lowest BCUT2D eigenvalue weighted by Crippen LogP contribution is -2.23. The number of nitrogens with one attached hydrogen (secondary N) is 1. The zero-order chi connectivity index (χ0) is 20.4. The fourth-order valence-corrected chi connectivity index (χ4v) is 3.73. The highest BCUT2D eigenvalue weighted by Gasteiger charge is 2.22. The Labute approximate surface area is 168 Å². The van der Waals surface area contributed by atoms with Crippen LogP contribution in [0.4, 0.5) is 5.69 Å².